The van der Waals surface area contributed by atoms with Gasteiger partial charge in [-0.15, -0.1) is 0 Å². The Labute approximate surface area is 123 Å². The molecule has 0 aliphatic rings. The zero-order chi connectivity index (χ0) is 15.3. The van der Waals surface area contributed by atoms with E-state index in [1.807, 2.05) is 0 Å². The highest BCUT2D eigenvalue weighted by Crippen LogP contribution is 2.16. The van der Waals surface area contributed by atoms with Crippen molar-refractivity contribution in [3.8, 4) is 0 Å². The van der Waals surface area contributed by atoms with Crippen LogP contribution in [0.3, 0.4) is 0 Å². The van der Waals surface area contributed by atoms with Crippen LogP contribution in [0.2, 0.25) is 0 Å². The van der Waals surface area contributed by atoms with E-state index in [0.29, 0.717) is 5.56 Å². The third kappa shape index (κ3) is 4.63. The lowest BCUT2D eigenvalue weighted by Crippen LogP contribution is -2.29. The van der Waals surface area contributed by atoms with E-state index in [1.165, 1.54) is 18.2 Å². The molecule has 2 aromatic carbocycles. The molecule has 0 unspecified atom stereocenters. The first-order valence-electron chi connectivity index (χ1n) is 6.42. The number of hydrogen-bond donors (Lipinski definition) is 2. The van der Waals surface area contributed by atoms with Crippen molar-refractivity contribution in [3.05, 3.63) is 71.5 Å². The number of aliphatic hydroxyl groups excluding tert-OH is 1. The Morgan fingerprint density at radius 1 is 1.05 bits per heavy atom. The third-order valence-electron chi connectivity index (χ3n) is 2.96. The smallest absolute Gasteiger partial charge is 0.215 e. The predicted molar refractivity (Wildman–Crippen MR) is 78.4 cm³/mol. The van der Waals surface area contributed by atoms with Crippen LogP contribution in [0.5, 0.6) is 0 Å². The van der Waals surface area contributed by atoms with Crippen molar-refractivity contribution in [1.29, 1.82) is 0 Å². The van der Waals surface area contributed by atoms with Gasteiger partial charge in [0.25, 0.3) is 0 Å². The zero-order valence-corrected chi connectivity index (χ0v) is 12.1. The second-order valence-electron chi connectivity index (χ2n) is 4.63. The van der Waals surface area contributed by atoms with Crippen LogP contribution in [0.4, 0.5) is 4.39 Å². The summed E-state index contributed by atoms with van der Waals surface area (Å²) in [6, 6.07) is 14.4. The molecule has 0 spiro atoms. The van der Waals surface area contributed by atoms with Crippen LogP contribution < -0.4 is 4.72 Å². The number of sulfonamides is 1. The van der Waals surface area contributed by atoms with E-state index < -0.39 is 21.9 Å². The van der Waals surface area contributed by atoms with Crippen molar-refractivity contribution in [2.45, 2.75) is 11.9 Å². The molecule has 0 saturated carbocycles. The van der Waals surface area contributed by atoms with Crippen molar-refractivity contribution in [3.63, 3.8) is 0 Å². The number of nitrogens with one attached hydrogen (secondary N) is 1. The summed E-state index contributed by atoms with van der Waals surface area (Å²) in [5.41, 5.74) is 0.713. The van der Waals surface area contributed by atoms with Crippen LogP contribution in [0.25, 0.3) is 0 Å². The molecule has 2 aromatic rings. The lowest BCUT2D eigenvalue weighted by Gasteiger charge is -2.13. The summed E-state index contributed by atoms with van der Waals surface area (Å²) in [6.07, 6.45) is -1.23. The van der Waals surface area contributed by atoms with Gasteiger partial charge in [-0.05, 0) is 11.6 Å². The Bertz CT molecular complexity index is 689. The topological polar surface area (TPSA) is 66.4 Å². The van der Waals surface area contributed by atoms with Crippen LogP contribution in [0, 0.1) is 5.82 Å². The molecule has 0 aromatic heterocycles. The summed E-state index contributed by atoms with van der Waals surface area (Å²) in [5.74, 6) is -0.745. The van der Waals surface area contributed by atoms with Gasteiger partial charge >= 0.3 is 0 Å². The quantitative estimate of drug-likeness (QED) is 0.857. The van der Waals surface area contributed by atoms with E-state index in [2.05, 4.69) is 4.72 Å². The van der Waals surface area contributed by atoms with E-state index in [9.17, 15) is 17.9 Å². The fourth-order valence-corrected chi connectivity index (χ4v) is 3.05. The van der Waals surface area contributed by atoms with Crippen molar-refractivity contribution in [2.75, 3.05) is 6.54 Å². The van der Waals surface area contributed by atoms with Crippen molar-refractivity contribution in [1.82, 2.24) is 4.72 Å². The summed E-state index contributed by atoms with van der Waals surface area (Å²) in [5, 5.41) is 9.86. The lowest BCUT2D eigenvalue weighted by atomic mass is 10.1. The minimum absolute atomic E-state index is 0.0694. The number of aliphatic hydroxyl groups is 1. The molecular weight excluding hydrogens is 293 g/mol. The first kappa shape index (κ1) is 15.6. The number of hydrogen-bond acceptors (Lipinski definition) is 3. The van der Waals surface area contributed by atoms with E-state index in [1.54, 1.807) is 36.4 Å². The average Bonchev–Trinajstić information content (AvgIpc) is 2.46. The summed E-state index contributed by atoms with van der Waals surface area (Å²) in [4.78, 5) is 0. The fourth-order valence-electron chi connectivity index (χ4n) is 1.91. The molecule has 2 N–H and O–H groups in total. The van der Waals surface area contributed by atoms with Gasteiger partial charge in [0.05, 0.1) is 11.9 Å². The molecule has 4 nitrogen and oxygen atoms in total. The number of rotatable bonds is 6. The van der Waals surface area contributed by atoms with Crippen LogP contribution in [0.15, 0.2) is 54.6 Å². The predicted octanol–water partition coefficient (Wildman–Crippen LogP) is 1.98. The van der Waals surface area contributed by atoms with Gasteiger partial charge in [-0.2, -0.15) is 0 Å². The van der Waals surface area contributed by atoms with Crippen LogP contribution in [-0.4, -0.2) is 20.1 Å². The van der Waals surface area contributed by atoms with Crippen LogP contribution in [-0.2, 0) is 15.8 Å². The molecule has 0 aliphatic carbocycles. The van der Waals surface area contributed by atoms with Gasteiger partial charge in [0.15, 0.2) is 0 Å². The molecule has 2 rings (SSSR count). The first-order valence-corrected chi connectivity index (χ1v) is 8.07. The SMILES string of the molecule is O=S(=O)(Cc1ccccc1)NC[C@H](O)c1ccccc1F. The van der Waals surface area contributed by atoms with Crippen LogP contribution >= 0.6 is 0 Å². The zero-order valence-electron chi connectivity index (χ0n) is 11.2. The van der Waals surface area contributed by atoms with Gasteiger partial charge < -0.3 is 5.11 Å². The second-order valence-corrected chi connectivity index (χ2v) is 6.44. The number of benzene rings is 2. The minimum Gasteiger partial charge on any atom is -0.387 e. The minimum atomic E-state index is -3.58. The van der Waals surface area contributed by atoms with Crippen molar-refractivity contribution >= 4 is 10.0 Å². The van der Waals surface area contributed by atoms with Gasteiger partial charge in [-0.3, -0.25) is 0 Å². The molecule has 21 heavy (non-hydrogen) atoms. The van der Waals surface area contributed by atoms with E-state index in [4.69, 9.17) is 0 Å². The van der Waals surface area contributed by atoms with Gasteiger partial charge in [-0.1, -0.05) is 48.5 Å². The Morgan fingerprint density at radius 2 is 1.67 bits per heavy atom. The molecule has 1 atom stereocenters. The third-order valence-corrected chi connectivity index (χ3v) is 4.28. The Morgan fingerprint density at radius 3 is 2.33 bits per heavy atom. The molecule has 0 bridgehead atoms. The highest BCUT2D eigenvalue weighted by atomic mass is 32.2. The fraction of sp³-hybridized carbons (Fsp3) is 0.200. The summed E-state index contributed by atoms with van der Waals surface area (Å²) >= 11 is 0. The van der Waals surface area contributed by atoms with Gasteiger partial charge in [0.1, 0.15) is 5.82 Å². The van der Waals surface area contributed by atoms with E-state index in [0.717, 1.165) is 0 Å². The summed E-state index contributed by atoms with van der Waals surface area (Å²) in [7, 11) is -3.58. The highest BCUT2D eigenvalue weighted by Gasteiger charge is 2.17. The van der Waals surface area contributed by atoms with Crippen LogP contribution in [0.1, 0.15) is 17.2 Å². The highest BCUT2D eigenvalue weighted by molar-refractivity contribution is 7.88. The van der Waals surface area contributed by atoms with Gasteiger partial charge in [0.2, 0.25) is 10.0 Å². The van der Waals surface area contributed by atoms with Gasteiger partial charge in [0, 0.05) is 12.1 Å². The maximum atomic E-state index is 13.5. The Kier molecular flexibility index (Phi) is 5.06. The maximum absolute atomic E-state index is 13.5. The first-order chi connectivity index (χ1) is 9.98. The Hall–Kier alpha value is -1.76. The normalized spacial score (nSPS) is 13.0. The molecule has 0 aliphatic heterocycles. The summed E-state index contributed by atoms with van der Waals surface area (Å²) < 4.78 is 39.6. The summed E-state index contributed by atoms with van der Waals surface area (Å²) in [6.45, 7) is -0.268. The standard InChI is InChI=1S/C15H16FNO3S/c16-14-9-5-4-8-13(14)15(18)10-17-21(19,20)11-12-6-2-1-3-7-12/h1-9,15,17-18H,10-11H2/t15-/m0/s1. The molecule has 0 fully saturated rings. The molecule has 0 heterocycles. The number of halogens is 1. The Balaban J connectivity index is 1.97. The van der Waals surface area contributed by atoms with Crippen molar-refractivity contribution < 1.29 is 17.9 Å². The average molecular weight is 309 g/mol. The second kappa shape index (κ2) is 6.80. The van der Waals surface area contributed by atoms with Gasteiger partial charge in [-0.25, -0.2) is 17.5 Å². The molecule has 0 radical (unpaired) electrons. The molecule has 6 heteroatoms. The van der Waals surface area contributed by atoms with Crippen molar-refractivity contribution in [2.24, 2.45) is 0 Å². The molecule has 112 valence electrons. The van der Waals surface area contributed by atoms with E-state index >= 15 is 0 Å². The largest absolute Gasteiger partial charge is 0.387 e. The maximum Gasteiger partial charge on any atom is 0.215 e. The van der Waals surface area contributed by atoms with E-state index in [-0.39, 0.29) is 17.9 Å². The molecular formula is C15H16FNO3S. The lowest BCUT2D eigenvalue weighted by molar-refractivity contribution is 0.177. The molecule has 0 amide bonds. The monoisotopic (exact) mass is 309 g/mol. The molecule has 0 saturated heterocycles.